The minimum absolute atomic E-state index is 0.0592. The number of unbranched alkanes of at least 4 members (excludes halogenated alkanes) is 22. The van der Waals surface area contributed by atoms with Crippen LogP contribution in [0, 0.1) is 0 Å². The fraction of sp³-hybridized carbons (Fsp3) is 0.682. The number of phosphoric acid groups is 1. The maximum absolute atomic E-state index is 12.9. The second kappa shape index (κ2) is 59.3. The second-order valence-corrected chi connectivity index (χ2v) is 21.6. The van der Waals surface area contributed by atoms with E-state index in [4.69, 9.17) is 23.3 Å². The van der Waals surface area contributed by atoms with E-state index in [0.717, 1.165) is 109 Å². The molecule has 0 aromatic carbocycles. The molecule has 0 heterocycles. The number of rotatable bonds is 56. The Balaban J connectivity index is 4.81. The minimum atomic E-state index is -4.78. The number of ether oxygens (including phenoxy) is 3. The first kappa shape index (κ1) is 74.1. The summed E-state index contributed by atoms with van der Waals surface area (Å²) in [7, 11) is -4.78. The highest BCUT2D eigenvalue weighted by Gasteiger charge is 2.28. The molecular weight excluding hydrogens is 1000 g/mol. The number of aliphatic hydroxyl groups is 1. The van der Waals surface area contributed by atoms with Crippen molar-refractivity contribution in [3.8, 4) is 0 Å². The number of carbonyl (C=O) groups excluding carboxylic acids is 3. The zero-order valence-electron chi connectivity index (χ0n) is 49.3. The molecule has 12 heteroatoms. The second-order valence-electron chi connectivity index (χ2n) is 20.1. The van der Waals surface area contributed by atoms with Crippen LogP contribution in [-0.4, -0.2) is 66.5 Å². The van der Waals surface area contributed by atoms with Crippen molar-refractivity contribution in [2.45, 2.75) is 264 Å². The Morgan fingerprint density at radius 2 is 0.718 bits per heavy atom. The van der Waals surface area contributed by atoms with Crippen LogP contribution >= 0.6 is 7.82 Å². The predicted molar refractivity (Wildman–Crippen MR) is 325 cm³/mol. The average molecular weight is 1110 g/mol. The fourth-order valence-corrected chi connectivity index (χ4v) is 8.91. The maximum atomic E-state index is 12.9. The summed E-state index contributed by atoms with van der Waals surface area (Å²) in [5, 5.41) is 9.81. The summed E-state index contributed by atoms with van der Waals surface area (Å²) < 4.78 is 39.5. The smallest absolute Gasteiger partial charge is 0.462 e. The number of aliphatic hydroxyl groups excluding tert-OH is 1. The predicted octanol–water partition coefficient (Wildman–Crippen LogP) is 18.6. The normalized spacial score (nSPS) is 14.1. The van der Waals surface area contributed by atoms with E-state index in [2.05, 4.69) is 106 Å². The van der Waals surface area contributed by atoms with Crippen LogP contribution in [0.25, 0.3) is 0 Å². The molecule has 0 aliphatic rings. The number of esters is 3. The van der Waals surface area contributed by atoms with Crippen LogP contribution in [-0.2, 0) is 42.2 Å². The van der Waals surface area contributed by atoms with Crippen LogP contribution in [0.5, 0.6) is 0 Å². The van der Waals surface area contributed by atoms with Crippen LogP contribution < -0.4 is 0 Å². The first-order chi connectivity index (χ1) is 38.2. The van der Waals surface area contributed by atoms with Gasteiger partial charge in [-0.15, -0.1) is 0 Å². The van der Waals surface area contributed by atoms with Crippen molar-refractivity contribution in [1.29, 1.82) is 0 Å². The van der Waals surface area contributed by atoms with Crippen molar-refractivity contribution < 1.29 is 52.2 Å². The number of carbonyl (C=O) groups is 3. The molecule has 0 aromatic rings. The van der Waals surface area contributed by atoms with Gasteiger partial charge in [-0.3, -0.25) is 23.4 Å². The molecule has 0 aliphatic heterocycles. The van der Waals surface area contributed by atoms with Crippen LogP contribution in [0.1, 0.15) is 252 Å². The van der Waals surface area contributed by atoms with Gasteiger partial charge in [0.05, 0.1) is 26.2 Å². The van der Waals surface area contributed by atoms with Gasteiger partial charge in [0.2, 0.25) is 0 Å². The van der Waals surface area contributed by atoms with Gasteiger partial charge in [-0.05, 0) is 83.5 Å². The lowest BCUT2D eigenvalue weighted by Gasteiger charge is -2.21. The Morgan fingerprint density at radius 1 is 0.385 bits per heavy atom. The molecule has 11 nitrogen and oxygen atoms in total. The lowest BCUT2D eigenvalue weighted by Crippen LogP contribution is -2.30. The van der Waals surface area contributed by atoms with Crippen LogP contribution in [0.4, 0.5) is 0 Å². The summed E-state index contributed by atoms with van der Waals surface area (Å²) in [6, 6.07) is 0. The third-order valence-corrected chi connectivity index (χ3v) is 13.7. The van der Waals surface area contributed by atoms with Gasteiger partial charge in [0.25, 0.3) is 0 Å². The van der Waals surface area contributed by atoms with E-state index in [0.29, 0.717) is 19.3 Å². The number of allylic oxidation sites excluding steroid dienone is 17. The SMILES string of the molecule is CC/C=C\C/C=C\C/C=C\C/C=C\C/C=C\CC(=O)OC(CO)COP(=O)(O)OCC(COC(=O)CCCCCCCC/C=C\C/C=C\C/C=C\C/C=C\CC)OC(=O)CCCCCCCCCCCCCCCCCCC. The summed E-state index contributed by atoms with van der Waals surface area (Å²) in [5.41, 5.74) is 0. The van der Waals surface area contributed by atoms with Crippen molar-refractivity contribution in [2.75, 3.05) is 26.4 Å². The molecule has 0 fully saturated rings. The lowest BCUT2D eigenvalue weighted by atomic mass is 10.0. The standard InChI is InChI=1S/C66H111O11P/c1-4-7-10-13-16-19-22-25-28-30-31-33-35-37-40-43-46-49-52-55-64(68)73-59-63(77-66(70)57-54-51-48-45-42-39-36-32-29-26-23-20-17-14-11-8-5-2)61-75-78(71,72)74-60-62(58-67)76-65(69)56-53-50-47-44-41-38-34-27-24-21-18-15-12-9-6-3/h7,9-10,12,16,18-19,21,25,27-28,31,33-34,41,44,50,53,62-63,67H,4-6,8,11,13-15,17,20,22-24,26,29-30,32,35-40,42-43,45-49,51-52,54-61H2,1-3H3,(H,71,72)/b10-7-,12-9-,19-16-,21-18-,28-25-,33-31-,34-27-,44-41-,53-50-. The third-order valence-electron chi connectivity index (χ3n) is 12.7. The van der Waals surface area contributed by atoms with Crippen molar-refractivity contribution in [2.24, 2.45) is 0 Å². The zero-order chi connectivity index (χ0) is 56.9. The summed E-state index contributed by atoms with van der Waals surface area (Å²) in [5.74, 6) is -1.62. The average Bonchev–Trinajstić information content (AvgIpc) is 3.43. The van der Waals surface area contributed by atoms with Gasteiger partial charge in [0.15, 0.2) is 6.10 Å². The highest BCUT2D eigenvalue weighted by atomic mass is 31.2. The molecule has 0 rings (SSSR count). The topological polar surface area (TPSA) is 155 Å². The molecule has 0 aromatic heterocycles. The van der Waals surface area contributed by atoms with Gasteiger partial charge < -0.3 is 24.2 Å². The van der Waals surface area contributed by atoms with Gasteiger partial charge in [0, 0.05) is 12.8 Å². The number of hydrogen-bond donors (Lipinski definition) is 2. The van der Waals surface area contributed by atoms with Gasteiger partial charge in [-0.2, -0.15) is 0 Å². The molecular formula is C66H111O11P. The zero-order valence-corrected chi connectivity index (χ0v) is 50.2. The van der Waals surface area contributed by atoms with E-state index in [1.54, 1.807) is 6.08 Å². The highest BCUT2D eigenvalue weighted by Crippen LogP contribution is 2.43. The summed E-state index contributed by atoms with van der Waals surface area (Å²) >= 11 is 0. The van der Waals surface area contributed by atoms with E-state index < -0.39 is 57.8 Å². The van der Waals surface area contributed by atoms with E-state index >= 15 is 0 Å². The van der Waals surface area contributed by atoms with Gasteiger partial charge >= 0.3 is 25.7 Å². The molecule has 0 spiro atoms. The molecule has 2 N–H and O–H groups in total. The highest BCUT2D eigenvalue weighted by molar-refractivity contribution is 7.47. The Hall–Kier alpha value is -3.86. The van der Waals surface area contributed by atoms with E-state index in [-0.39, 0.29) is 25.9 Å². The third kappa shape index (κ3) is 56.8. The van der Waals surface area contributed by atoms with E-state index in [1.807, 2.05) is 18.2 Å². The minimum Gasteiger partial charge on any atom is -0.462 e. The quantitative estimate of drug-likeness (QED) is 0.0197. The molecule has 0 saturated heterocycles. The van der Waals surface area contributed by atoms with Crippen molar-refractivity contribution in [3.63, 3.8) is 0 Å². The van der Waals surface area contributed by atoms with Gasteiger partial charge in [-0.1, -0.05) is 259 Å². The Kier molecular flexibility index (Phi) is 56.3. The number of hydrogen-bond acceptors (Lipinski definition) is 10. The Bertz CT molecular complexity index is 1720. The van der Waals surface area contributed by atoms with E-state index in [1.165, 1.54) is 83.5 Å². The van der Waals surface area contributed by atoms with Crippen LogP contribution in [0.15, 0.2) is 109 Å². The van der Waals surface area contributed by atoms with Gasteiger partial charge in [0.1, 0.15) is 12.7 Å². The maximum Gasteiger partial charge on any atom is 0.472 e. The number of phosphoric ester groups is 1. The monoisotopic (exact) mass is 1110 g/mol. The Morgan fingerprint density at radius 3 is 1.13 bits per heavy atom. The molecule has 3 atom stereocenters. The summed E-state index contributed by atoms with van der Waals surface area (Å²) in [6.45, 7) is 4.31. The largest absolute Gasteiger partial charge is 0.472 e. The Labute approximate surface area is 475 Å². The molecule has 0 aliphatic carbocycles. The molecule has 446 valence electrons. The molecule has 3 unspecified atom stereocenters. The molecule has 0 saturated carbocycles. The van der Waals surface area contributed by atoms with Crippen LogP contribution in [0.3, 0.4) is 0 Å². The summed E-state index contributed by atoms with van der Waals surface area (Å²) in [4.78, 5) is 48.6. The molecule has 0 amide bonds. The van der Waals surface area contributed by atoms with Crippen LogP contribution in [0.2, 0.25) is 0 Å². The van der Waals surface area contributed by atoms with Crippen molar-refractivity contribution in [3.05, 3.63) is 109 Å². The fourth-order valence-electron chi connectivity index (χ4n) is 8.13. The van der Waals surface area contributed by atoms with Crippen molar-refractivity contribution in [1.82, 2.24) is 0 Å². The first-order valence-corrected chi connectivity index (χ1v) is 32.3. The molecule has 78 heavy (non-hydrogen) atoms. The van der Waals surface area contributed by atoms with Gasteiger partial charge in [-0.25, -0.2) is 4.57 Å². The van der Waals surface area contributed by atoms with Crippen molar-refractivity contribution >= 4 is 25.7 Å². The van der Waals surface area contributed by atoms with E-state index in [9.17, 15) is 28.9 Å². The molecule has 0 radical (unpaired) electrons. The lowest BCUT2D eigenvalue weighted by molar-refractivity contribution is -0.161. The first-order valence-electron chi connectivity index (χ1n) is 30.8. The molecule has 0 bridgehead atoms. The summed E-state index contributed by atoms with van der Waals surface area (Å²) in [6.07, 6.45) is 72.1.